The first-order valence-corrected chi connectivity index (χ1v) is 9.09. The third kappa shape index (κ3) is 4.18. The third-order valence-electron chi connectivity index (χ3n) is 3.12. The Morgan fingerprint density at radius 2 is 2.12 bits per heavy atom. The molecule has 4 N–H and O–H groups in total. The van der Waals surface area contributed by atoms with Gasteiger partial charge in [0.15, 0.2) is 11.5 Å². The summed E-state index contributed by atoms with van der Waals surface area (Å²) in [6.45, 7) is -0.185. The molecular formula is C14H12N4O5S2. The van der Waals surface area contributed by atoms with E-state index < -0.39 is 21.7 Å². The fraction of sp³-hybridized carbons (Fsp3) is 0.143. The van der Waals surface area contributed by atoms with E-state index >= 15 is 0 Å². The van der Waals surface area contributed by atoms with Gasteiger partial charge in [0.25, 0.3) is 10.0 Å². The second-order valence-corrected chi connectivity index (χ2v) is 7.33. The molecule has 25 heavy (non-hydrogen) atoms. The van der Waals surface area contributed by atoms with Gasteiger partial charge in [0.1, 0.15) is 5.00 Å². The number of aromatic carboxylic acids is 1. The number of ketones is 1. The molecule has 0 amide bonds. The van der Waals surface area contributed by atoms with E-state index in [2.05, 4.69) is 9.71 Å². The van der Waals surface area contributed by atoms with Crippen molar-refractivity contribution in [1.82, 2.24) is 4.98 Å². The number of nitrogens with two attached hydrogens (primary N) is 1. The average Bonchev–Trinajstić information content (AvgIpc) is 3.02. The summed E-state index contributed by atoms with van der Waals surface area (Å²) in [6, 6.07) is 5.53. The van der Waals surface area contributed by atoms with Gasteiger partial charge in [0.2, 0.25) is 0 Å². The van der Waals surface area contributed by atoms with Gasteiger partial charge in [-0.25, -0.2) is 18.2 Å². The summed E-state index contributed by atoms with van der Waals surface area (Å²) in [7, 11) is -4.13. The van der Waals surface area contributed by atoms with Crippen LogP contribution in [-0.4, -0.2) is 36.8 Å². The number of Topliss-reactive ketones (excluding diaryl/α,β-unsaturated/α-hetero) is 1. The van der Waals surface area contributed by atoms with Gasteiger partial charge < -0.3 is 10.8 Å². The topological polar surface area (TPSA) is 163 Å². The highest BCUT2D eigenvalue weighted by Gasteiger charge is 2.22. The number of carboxylic acids is 1. The van der Waals surface area contributed by atoms with Gasteiger partial charge in [-0.1, -0.05) is 6.07 Å². The quantitative estimate of drug-likeness (QED) is 0.628. The van der Waals surface area contributed by atoms with Crippen LogP contribution in [0.3, 0.4) is 0 Å². The summed E-state index contributed by atoms with van der Waals surface area (Å²) in [6.07, 6.45) is -0.0782. The van der Waals surface area contributed by atoms with Gasteiger partial charge in [-0.15, -0.1) is 11.3 Å². The van der Waals surface area contributed by atoms with Crippen molar-refractivity contribution in [3.8, 4) is 6.07 Å². The molecule has 0 bridgehead atoms. The van der Waals surface area contributed by atoms with Crippen LogP contribution in [0.2, 0.25) is 0 Å². The lowest BCUT2D eigenvalue weighted by Gasteiger charge is -2.09. The molecule has 1 heterocycles. The molecule has 0 unspecified atom stereocenters. The van der Waals surface area contributed by atoms with Crippen LogP contribution >= 0.6 is 11.3 Å². The second kappa shape index (κ2) is 7.39. The Labute approximate surface area is 146 Å². The Bertz CT molecular complexity index is 975. The van der Waals surface area contributed by atoms with Crippen LogP contribution in [0.15, 0.2) is 28.6 Å². The van der Waals surface area contributed by atoms with Crippen LogP contribution in [-0.2, 0) is 21.2 Å². The number of carboxylic acid groups (broad SMARTS) is 1. The molecule has 0 spiro atoms. The molecule has 2 rings (SSSR count). The van der Waals surface area contributed by atoms with Crippen LogP contribution in [0.1, 0.15) is 21.6 Å². The maximum atomic E-state index is 12.4. The van der Waals surface area contributed by atoms with E-state index in [1.165, 1.54) is 17.6 Å². The number of sulfonamides is 1. The Hall–Kier alpha value is -2.81. The van der Waals surface area contributed by atoms with Gasteiger partial charge in [0.05, 0.1) is 28.6 Å². The summed E-state index contributed by atoms with van der Waals surface area (Å²) in [4.78, 5) is 25.8. The fourth-order valence-corrected chi connectivity index (χ4v) is 3.93. The molecule has 1 aromatic heterocycles. The van der Waals surface area contributed by atoms with Crippen LogP contribution in [0, 0.1) is 11.3 Å². The minimum atomic E-state index is -4.13. The zero-order valence-corrected chi connectivity index (χ0v) is 14.2. The van der Waals surface area contributed by atoms with Crippen molar-refractivity contribution in [3.63, 3.8) is 0 Å². The van der Waals surface area contributed by atoms with Crippen LogP contribution in [0.4, 0.5) is 5.00 Å². The number of carbonyl (C=O) groups excluding carboxylic acids is 1. The predicted octanol–water partition coefficient (Wildman–Crippen LogP) is 0.584. The normalized spacial score (nSPS) is 10.9. The fourth-order valence-electron chi connectivity index (χ4n) is 1.92. The van der Waals surface area contributed by atoms with Crippen LogP contribution in [0.5, 0.6) is 0 Å². The van der Waals surface area contributed by atoms with Crippen LogP contribution in [0.25, 0.3) is 0 Å². The number of thiazole rings is 1. The predicted molar refractivity (Wildman–Crippen MR) is 88.8 cm³/mol. The standard InChI is InChI=1S/C14H12N4O5S2/c15-5-9-4-11(2-1-8(9)3-10(19)6-16)25(22,23)18-13-12(14(20)21)17-7-24-13/h1-2,4,7,18H,3,6,16H2,(H,20,21). The SMILES string of the molecule is N#Cc1cc(S(=O)(=O)Nc2scnc2C(=O)O)ccc1CC(=O)CN. The zero-order chi connectivity index (χ0) is 18.6. The Kier molecular flexibility index (Phi) is 5.48. The minimum Gasteiger partial charge on any atom is -0.476 e. The Morgan fingerprint density at radius 3 is 2.72 bits per heavy atom. The Morgan fingerprint density at radius 1 is 1.40 bits per heavy atom. The van der Waals surface area contributed by atoms with Crippen molar-refractivity contribution in [3.05, 3.63) is 40.5 Å². The van der Waals surface area contributed by atoms with Crippen molar-refractivity contribution in [1.29, 1.82) is 5.26 Å². The van der Waals surface area contributed by atoms with E-state index in [9.17, 15) is 23.3 Å². The van der Waals surface area contributed by atoms with E-state index in [1.54, 1.807) is 0 Å². The molecule has 0 saturated carbocycles. The highest BCUT2D eigenvalue weighted by molar-refractivity contribution is 7.93. The van der Waals surface area contributed by atoms with Gasteiger partial charge in [-0.2, -0.15) is 5.26 Å². The summed E-state index contributed by atoms with van der Waals surface area (Å²) < 4.78 is 27.0. The number of nitriles is 1. The third-order valence-corrected chi connectivity index (χ3v) is 5.34. The molecule has 0 saturated heterocycles. The van der Waals surface area contributed by atoms with Gasteiger partial charge in [0, 0.05) is 6.42 Å². The maximum Gasteiger partial charge on any atom is 0.357 e. The maximum absolute atomic E-state index is 12.4. The molecule has 0 radical (unpaired) electrons. The molecule has 9 nitrogen and oxygen atoms in total. The first-order valence-electron chi connectivity index (χ1n) is 6.73. The molecule has 0 atom stereocenters. The molecular weight excluding hydrogens is 368 g/mol. The number of hydrogen-bond donors (Lipinski definition) is 3. The largest absolute Gasteiger partial charge is 0.476 e. The first kappa shape index (κ1) is 18.5. The van der Waals surface area contributed by atoms with Crippen molar-refractivity contribution in [2.75, 3.05) is 11.3 Å². The minimum absolute atomic E-state index is 0.0208. The summed E-state index contributed by atoms with van der Waals surface area (Å²) in [5.74, 6) is -1.66. The number of anilines is 1. The number of aromatic nitrogens is 1. The molecule has 0 aliphatic carbocycles. The van der Waals surface area contributed by atoms with Gasteiger partial charge in [-0.05, 0) is 17.7 Å². The van der Waals surface area contributed by atoms with Crippen molar-refractivity contribution >= 4 is 38.1 Å². The lowest BCUT2D eigenvalue weighted by Crippen LogP contribution is -2.17. The van der Waals surface area contributed by atoms with Crippen molar-refractivity contribution < 1.29 is 23.1 Å². The molecule has 0 aliphatic heterocycles. The van der Waals surface area contributed by atoms with E-state index in [0.29, 0.717) is 5.56 Å². The smallest absolute Gasteiger partial charge is 0.357 e. The van der Waals surface area contributed by atoms with E-state index in [1.807, 2.05) is 6.07 Å². The van der Waals surface area contributed by atoms with E-state index in [-0.39, 0.29) is 34.2 Å². The van der Waals surface area contributed by atoms with Crippen LogP contribution < -0.4 is 10.5 Å². The van der Waals surface area contributed by atoms with Crippen molar-refractivity contribution in [2.24, 2.45) is 5.73 Å². The summed E-state index contributed by atoms with van der Waals surface area (Å²) in [5.41, 5.74) is 6.40. The number of nitrogens with one attached hydrogen (secondary N) is 1. The number of carbonyl (C=O) groups is 2. The average molecular weight is 380 g/mol. The first-order chi connectivity index (χ1) is 11.8. The van der Waals surface area contributed by atoms with Gasteiger partial charge in [-0.3, -0.25) is 9.52 Å². The number of benzene rings is 1. The van der Waals surface area contributed by atoms with E-state index in [4.69, 9.17) is 10.8 Å². The van der Waals surface area contributed by atoms with E-state index in [0.717, 1.165) is 17.4 Å². The highest BCUT2D eigenvalue weighted by Crippen LogP contribution is 2.25. The molecule has 2 aromatic rings. The van der Waals surface area contributed by atoms with Gasteiger partial charge >= 0.3 is 5.97 Å². The molecule has 1 aromatic carbocycles. The van der Waals surface area contributed by atoms with Crippen molar-refractivity contribution in [2.45, 2.75) is 11.3 Å². The summed E-state index contributed by atoms with van der Waals surface area (Å²) in [5, 5.41) is 18.0. The molecule has 11 heteroatoms. The zero-order valence-electron chi connectivity index (χ0n) is 12.6. The number of rotatable bonds is 7. The Balaban J connectivity index is 2.37. The number of nitrogens with zero attached hydrogens (tertiary/aromatic N) is 2. The summed E-state index contributed by atoms with van der Waals surface area (Å²) >= 11 is 0.818. The lowest BCUT2D eigenvalue weighted by molar-refractivity contribution is -0.117. The lowest BCUT2D eigenvalue weighted by atomic mass is 10.0. The monoisotopic (exact) mass is 380 g/mol. The molecule has 130 valence electrons. The number of hydrogen-bond acceptors (Lipinski definition) is 8. The highest BCUT2D eigenvalue weighted by atomic mass is 32.2. The molecule has 0 aliphatic rings. The second-order valence-electron chi connectivity index (χ2n) is 4.79. The molecule has 0 fully saturated rings.